The molecule has 0 aliphatic carbocycles. The van der Waals surface area contributed by atoms with E-state index < -0.39 is 0 Å². The van der Waals surface area contributed by atoms with Gasteiger partial charge in [0.05, 0.1) is 12.1 Å². The summed E-state index contributed by atoms with van der Waals surface area (Å²) in [5, 5.41) is 6.11. The zero-order valence-electron chi connectivity index (χ0n) is 9.82. The highest BCUT2D eigenvalue weighted by molar-refractivity contribution is 7.09. The maximum absolute atomic E-state index is 12.0. The van der Waals surface area contributed by atoms with Crippen LogP contribution in [0.25, 0.3) is 0 Å². The molecule has 1 fully saturated rings. The van der Waals surface area contributed by atoms with Gasteiger partial charge in [0.2, 0.25) is 5.91 Å². The van der Waals surface area contributed by atoms with E-state index in [0.29, 0.717) is 13.0 Å². The number of hydrogen-bond acceptors (Lipinski definition) is 5. The zero-order chi connectivity index (χ0) is 12.1. The number of nitrogens with one attached hydrogen (secondary N) is 1. The first kappa shape index (κ1) is 12.5. The fourth-order valence-corrected chi connectivity index (χ4v) is 2.56. The van der Waals surface area contributed by atoms with E-state index in [1.807, 2.05) is 10.3 Å². The van der Waals surface area contributed by atoms with Crippen LogP contribution in [0.5, 0.6) is 0 Å². The first-order valence-electron chi connectivity index (χ1n) is 5.91. The molecular formula is C11H18N4OS. The van der Waals surface area contributed by atoms with Crippen LogP contribution in [-0.4, -0.2) is 42.0 Å². The van der Waals surface area contributed by atoms with Gasteiger partial charge in [-0.15, -0.1) is 11.3 Å². The van der Waals surface area contributed by atoms with Gasteiger partial charge in [0.25, 0.3) is 0 Å². The van der Waals surface area contributed by atoms with Crippen molar-refractivity contribution in [1.29, 1.82) is 0 Å². The van der Waals surface area contributed by atoms with E-state index in [0.717, 1.165) is 43.3 Å². The summed E-state index contributed by atoms with van der Waals surface area (Å²) in [5.74, 6) is 0.169. The summed E-state index contributed by atoms with van der Waals surface area (Å²) in [6, 6.07) is 0. The molecule has 0 saturated carbocycles. The lowest BCUT2D eigenvalue weighted by atomic mass is 10.3. The number of aromatic nitrogens is 1. The highest BCUT2D eigenvalue weighted by Crippen LogP contribution is 2.10. The van der Waals surface area contributed by atoms with E-state index in [4.69, 9.17) is 5.73 Å². The summed E-state index contributed by atoms with van der Waals surface area (Å²) < 4.78 is 0. The predicted molar refractivity (Wildman–Crippen MR) is 67.8 cm³/mol. The highest BCUT2D eigenvalue weighted by atomic mass is 32.1. The van der Waals surface area contributed by atoms with Crippen molar-refractivity contribution in [1.82, 2.24) is 15.2 Å². The Hall–Kier alpha value is -0.980. The number of nitrogens with two attached hydrogens (primary N) is 1. The monoisotopic (exact) mass is 254 g/mol. The lowest BCUT2D eigenvalue weighted by molar-refractivity contribution is -0.130. The lowest BCUT2D eigenvalue weighted by Gasteiger charge is -2.19. The maximum atomic E-state index is 12.0. The highest BCUT2D eigenvalue weighted by Gasteiger charge is 2.16. The quantitative estimate of drug-likeness (QED) is 0.794. The third-order valence-corrected chi connectivity index (χ3v) is 3.72. The van der Waals surface area contributed by atoms with E-state index in [-0.39, 0.29) is 5.91 Å². The van der Waals surface area contributed by atoms with Crippen LogP contribution >= 0.6 is 11.3 Å². The van der Waals surface area contributed by atoms with E-state index in [2.05, 4.69) is 10.3 Å². The fourth-order valence-electron chi connectivity index (χ4n) is 1.89. The molecule has 0 aromatic carbocycles. The Morgan fingerprint density at radius 1 is 1.53 bits per heavy atom. The van der Waals surface area contributed by atoms with Crippen molar-refractivity contribution >= 4 is 17.2 Å². The Morgan fingerprint density at radius 2 is 2.41 bits per heavy atom. The SMILES string of the molecule is NCc1nc(CC(=O)N2CCCNCC2)cs1. The standard InChI is InChI=1S/C11H18N4OS/c12-7-10-14-9(8-17-10)6-11(16)15-4-1-2-13-3-5-15/h8,13H,1-7,12H2. The van der Waals surface area contributed by atoms with Crippen molar-refractivity contribution in [2.24, 2.45) is 5.73 Å². The summed E-state index contributed by atoms with van der Waals surface area (Å²) in [7, 11) is 0. The van der Waals surface area contributed by atoms with Crippen LogP contribution in [0, 0.1) is 0 Å². The summed E-state index contributed by atoms with van der Waals surface area (Å²) in [5.41, 5.74) is 6.35. The lowest BCUT2D eigenvalue weighted by Crippen LogP contribution is -2.35. The van der Waals surface area contributed by atoms with Crippen molar-refractivity contribution < 1.29 is 4.79 Å². The number of amides is 1. The summed E-state index contributed by atoms with van der Waals surface area (Å²) >= 11 is 1.52. The first-order chi connectivity index (χ1) is 8.29. The molecule has 2 heterocycles. The van der Waals surface area contributed by atoms with Gasteiger partial charge < -0.3 is 16.0 Å². The molecule has 0 radical (unpaired) electrons. The van der Waals surface area contributed by atoms with Gasteiger partial charge in [0, 0.05) is 31.6 Å². The molecule has 5 nitrogen and oxygen atoms in total. The smallest absolute Gasteiger partial charge is 0.228 e. The second-order valence-corrected chi connectivity index (χ2v) is 5.04. The summed E-state index contributed by atoms with van der Waals surface area (Å²) in [6.45, 7) is 3.98. The minimum Gasteiger partial charge on any atom is -0.341 e. The number of carbonyl (C=O) groups excluding carboxylic acids is 1. The predicted octanol–water partition coefficient (Wildman–Crippen LogP) is -0.0338. The minimum atomic E-state index is 0.169. The maximum Gasteiger partial charge on any atom is 0.228 e. The Balaban J connectivity index is 1.90. The topological polar surface area (TPSA) is 71.2 Å². The molecule has 1 amide bonds. The van der Waals surface area contributed by atoms with Crippen LogP contribution in [0.1, 0.15) is 17.1 Å². The number of rotatable bonds is 3. The summed E-state index contributed by atoms with van der Waals surface area (Å²) in [6.07, 6.45) is 1.42. The largest absolute Gasteiger partial charge is 0.341 e. The third kappa shape index (κ3) is 3.49. The molecule has 1 aromatic rings. The molecule has 1 aliphatic heterocycles. The van der Waals surface area contributed by atoms with Gasteiger partial charge in [-0.3, -0.25) is 4.79 Å². The summed E-state index contributed by atoms with van der Waals surface area (Å²) in [4.78, 5) is 18.3. The van der Waals surface area contributed by atoms with Crippen LogP contribution in [0.4, 0.5) is 0 Å². The molecule has 1 saturated heterocycles. The van der Waals surface area contributed by atoms with Gasteiger partial charge in [-0.05, 0) is 13.0 Å². The molecule has 3 N–H and O–H groups in total. The van der Waals surface area contributed by atoms with Crippen LogP contribution in [-0.2, 0) is 17.8 Å². The van der Waals surface area contributed by atoms with Crippen molar-refractivity contribution in [2.75, 3.05) is 26.2 Å². The third-order valence-electron chi connectivity index (χ3n) is 2.80. The van der Waals surface area contributed by atoms with Crippen LogP contribution < -0.4 is 11.1 Å². The number of carbonyl (C=O) groups is 1. The Kier molecular flexibility index (Phi) is 4.47. The van der Waals surface area contributed by atoms with Gasteiger partial charge in [-0.1, -0.05) is 0 Å². The molecule has 0 atom stereocenters. The molecule has 0 unspecified atom stereocenters. The van der Waals surface area contributed by atoms with Crippen LogP contribution in [0.15, 0.2) is 5.38 Å². The van der Waals surface area contributed by atoms with Gasteiger partial charge >= 0.3 is 0 Å². The molecule has 1 aliphatic rings. The molecule has 0 bridgehead atoms. The Bertz CT molecular complexity index is 371. The first-order valence-corrected chi connectivity index (χ1v) is 6.79. The average molecular weight is 254 g/mol. The molecule has 0 spiro atoms. The van der Waals surface area contributed by atoms with Crippen molar-refractivity contribution in [3.63, 3.8) is 0 Å². The second-order valence-electron chi connectivity index (χ2n) is 4.10. The molecule has 94 valence electrons. The van der Waals surface area contributed by atoms with Crippen LogP contribution in [0.3, 0.4) is 0 Å². The van der Waals surface area contributed by atoms with E-state index >= 15 is 0 Å². The van der Waals surface area contributed by atoms with E-state index in [9.17, 15) is 4.79 Å². The van der Waals surface area contributed by atoms with Gasteiger partial charge in [0.1, 0.15) is 5.01 Å². The Labute approximate surface area is 105 Å². The minimum absolute atomic E-state index is 0.169. The van der Waals surface area contributed by atoms with Crippen molar-refractivity contribution in [2.45, 2.75) is 19.4 Å². The fraction of sp³-hybridized carbons (Fsp3) is 0.636. The Morgan fingerprint density at radius 3 is 3.18 bits per heavy atom. The van der Waals surface area contributed by atoms with Crippen LogP contribution in [0.2, 0.25) is 0 Å². The van der Waals surface area contributed by atoms with Crippen molar-refractivity contribution in [3.05, 3.63) is 16.1 Å². The van der Waals surface area contributed by atoms with Crippen molar-refractivity contribution in [3.8, 4) is 0 Å². The molecule has 2 rings (SSSR count). The van der Waals surface area contributed by atoms with Gasteiger partial charge in [0.15, 0.2) is 0 Å². The second kappa shape index (κ2) is 6.09. The molecule has 17 heavy (non-hydrogen) atoms. The zero-order valence-corrected chi connectivity index (χ0v) is 10.6. The van der Waals surface area contributed by atoms with E-state index in [1.165, 1.54) is 11.3 Å². The normalized spacial score (nSPS) is 16.9. The molecular weight excluding hydrogens is 236 g/mol. The number of thiazole rings is 1. The van der Waals surface area contributed by atoms with Gasteiger partial charge in [-0.25, -0.2) is 4.98 Å². The van der Waals surface area contributed by atoms with Gasteiger partial charge in [-0.2, -0.15) is 0 Å². The molecule has 6 heteroatoms. The number of hydrogen-bond donors (Lipinski definition) is 2. The number of nitrogens with zero attached hydrogens (tertiary/aromatic N) is 2. The molecule has 1 aromatic heterocycles. The van der Waals surface area contributed by atoms with E-state index in [1.54, 1.807) is 0 Å². The average Bonchev–Trinajstić information content (AvgIpc) is 2.62.